The summed E-state index contributed by atoms with van der Waals surface area (Å²) in [4.78, 5) is 17.3. The Balaban J connectivity index is 1.87. The fourth-order valence-corrected chi connectivity index (χ4v) is 3.56. The van der Waals surface area contributed by atoms with Gasteiger partial charge < -0.3 is 9.80 Å². The molecule has 0 aliphatic carbocycles. The van der Waals surface area contributed by atoms with E-state index in [-0.39, 0.29) is 12.2 Å². The molecule has 0 saturated carbocycles. The molecule has 2 fully saturated rings. The van der Waals surface area contributed by atoms with Crippen molar-refractivity contribution in [1.82, 2.24) is 15.1 Å². The van der Waals surface area contributed by atoms with Gasteiger partial charge in [0.25, 0.3) is 0 Å². The molecule has 2 atom stereocenters. The highest BCUT2D eigenvalue weighted by molar-refractivity contribution is 5.84. The van der Waals surface area contributed by atoms with Crippen LogP contribution in [0.25, 0.3) is 0 Å². The summed E-state index contributed by atoms with van der Waals surface area (Å²) >= 11 is 0. The van der Waals surface area contributed by atoms with Crippen LogP contribution < -0.4 is 5.32 Å². The van der Waals surface area contributed by atoms with E-state index in [2.05, 4.69) is 42.8 Å². The van der Waals surface area contributed by atoms with E-state index in [4.69, 9.17) is 0 Å². The van der Waals surface area contributed by atoms with Gasteiger partial charge in [0.05, 0.1) is 12.2 Å². The van der Waals surface area contributed by atoms with Gasteiger partial charge in [0.2, 0.25) is 5.91 Å². The first-order chi connectivity index (χ1) is 9.99. The highest BCUT2D eigenvalue weighted by Crippen LogP contribution is 2.22. The number of carbonyl (C=O) groups excluding carboxylic acids is 1. The monoisotopic (exact) mass is 295 g/mol. The number of likely N-dealkylation sites (tertiary alicyclic amines) is 1. The first-order valence-corrected chi connectivity index (χ1v) is 8.78. The number of rotatable bonds is 7. The summed E-state index contributed by atoms with van der Waals surface area (Å²) in [6.07, 6.45) is 5.08. The van der Waals surface area contributed by atoms with Crippen molar-refractivity contribution >= 4 is 5.91 Å². The van der Waals surface area contributed by atoms with Crippen LogP contribution in [0.4, 0.5) is 0 Å². The summed E-state index contributed by atoms with van der Waals surface area (Å²) in [5, 5.41) is 3.56. The van der Waals surface area contributed by atoms with Gasteiger partial charge in [-0.3, -0.25) is 10.1 Å². The van der Waals surface area contributed by atoms with Crippen molar-refractivity contribution in [3.8, 4) is 0 Å². The van der Waals surface area contributed by atoms with Crippen molar-refractivity contribution in [3.05, 3.63) is 0 Å². The number of amides is 1. The predicted octanol–water partition coefficient (Wildman–Crippen LogP) is 2.30. The standard InChI is InChI=1S/C17H33N3O/c1-13(2)12-15-18-16(14(3)4)17(21)20(15)11-7-10-19-8-5-6-9-19/h13-16,18H,5-12H2,1-4H3. The first-order valence-electron chi connectivity index (χ1n) is 8.78. The van der Waals surface area contributed by atoms with Gasteiger partial charge in [-0.05, 0) is 57.2 Å². The maximum Gasteiger partial charge on any atom is 0.241 e. The van der Waals surface area contributed by atoms with Gasteiger partial charge in [0.15, 0.2) is 0 Å². The van der Waals surface area contributed by atoms with Gasteiger partial charge in [-0.1, -0.05) is 27.7 Å². The Morgan fingerprint density at radius 3 is 2.38 bits per heavy atom. The lowest BCUT2D eigenvalue weighted by Gasteiger charge is -2.26. The fourth-order valence-electron chi connectivity index (χ4n) is 3.56. The van der Waals surface area contributed by atoms with Crippen LogP contribution in [0.3, 0.4) is 0 Å². The average molecular weight is 295 g/mol. The van der Waals surface area contributed by atoms with E-state index in [0.717, 1.165) is 25.9 Å². The Labute approximate surface area is 130 Å². The zero-order valence-electron chi connectivity index (χ0n) is 14.3. The molecule has 2 unspecified atom stereocenters. The summed E-state index contributed by atoms with van der Waals surface area (Å²) in [5.74, 6) is 1.30. The van der Waals surface area contributed by atoms with Crippen molar-refractivity contribution in [3.63, 3.8) is 0 Å². The van der Waals surface area contributed by atoms with Crippen LogP contribution in [-0.2, 0) is 4.79 Å². The second-order valence-corrected chi connectivity index (χ2v) is 7.47. The molecule has 21 heavy (non-hydrogen) atoms. The molecule has 2 aliphatic heterocycles. The molecular formula is C17H33N3O. The topological polar surface area (TPSA) is 35.6 Å². The maximum absolute atomic E-state index is 12.6. The summed E-state index contributed by atoms with van der Waals surface area (Å²) in [6, 6.07) is 0.0144. The lowest BCUT2D eigenvalue weighted by atomic mass is 10.0. The highest BCUT2D eigenvalue weighted by atomic mass is 16.2. The molecule has 0 aromatic carbocycles. The van der Waals surface area contributed by atoms with Crippen molar-refractivity contribution < 1.29 is 4.79 Å². The van der Waals surface area contributed by atoms with E-state index >= 15 is 0 Å². The molecule has 2 saturated heterocycles. The molecule has 1 N–H and O–H groups in total. The number of hydrogen-bond acceptors (Lipinski definition) is 3. The van der Waals surface area contributed by atoms with E-state index in [9.17, 15) is 4.79 Å². The minimum atomic E-state index is 0.0144. The third-order valence-electron chi connectivity index (χ3n) is 4.73. The normalized spacial score (nSPS) is 27.5. The van der Waals surface area contributed by atoms with Crippen LogP contribution in [0.5, 0.6) is 0 Å². The Bertz CT molecular complexity index is 337. The van der Waals surface area contributed by atoms with E-state index < -0.39 is 0 Å². The van der Waals surface area contributed by atoms with Crippen molar-refractivity contribution in [1.29, 1.82) is 0 Å². The zero-order valence-corrected chi connectivity index (χ0v) is 14.3. The highest BCUT2D eigenvalue weighted by Gasteiger charge is 2.39. The van der Waals surface area contributed by atoms with Crippen LogP contribution in [0, 0.1) is 11.8 Å². The Morgan fingerprint density at radius 2 is 1.81 bits per heavy atom. The van der Waals surface area contributed by atoms with E-state index in [1.165, 1.54) is 25.9 Å². The molecule has 0 aromatic rings. The Hall–Kier alpha value is -0.610. The summed E-state index contributed by atoms with van der Waals surface area (Å²) in [5.41, 5.74) is 0. The van der Waals surface area contributed by atoms with Gasteiger partial charge in [-0.15, -0.1) is 0 Å². The molecule has 4 heteroatoms. The number of hydrogen-bond donors (Lipinski definition) is 1. The molecule has 122 valence electrons. The molecule has 1 amide bonds. The quantitative estimate of drug-likeness (QED) is 0.783. The van der Waals surface area contributed by atoms with E-state index in [0.29, 0.717) is 17.7 Å². The second-order valence-electron chi connectivity index (χ2n) is 7.47. The van der Waals surface area contributed by atoms with Crippen LogP contribution in [0.15, 0.2) is 0 Å². The largest absolute Gasteiger partial charge is 0.326 e. The molecule has 2 aliphatic rings. The van der Waals surface area contributed by atoms with Crippen LogP contribution in [0.2, 0.25) is 0 Å². The molecule has 0 bridgehead atoms. The van der Waals surface area contributed by atoms with Gasteiger partial charge in [0, 0.05) is 6.54 Å². The number of carbonyl (C=O) groups is 1. The number of nitrogens with zero attached hydrogens (tertiary/aromatic N) is 2. The third kappa shape index (κ3) is 4.43. The Morgan fingerprint density at radius 1 is 1.14 bits per heavy atom. The van der Waals surface area contributed by atoms with E-state index in [1.807, 2.05) is 0 Å². The molecule has 0 spiro atoms. The van der Waals surface area contributed by atoms with Gasteiger partial charge in [0.1, 0.15) is 0 Å². The molecule has 2 heterocycles. The average Bonchev–Trinajstić information content (AvgIpc) is 3.00. The first kappa shape index (κ1) is 16.8. The summed E-state index contributed by atoms with van der Waals surface area (Å²) < 4.78 is 0. The molecule has 0 aromatic heterocycles. The summed E-state index contributed by atoms with van der Waals surface area (Å²) in [6.45, 7) is 13.3. The number of nitrogens with one attached hydrogen (secondary N) is 1. The fraction of sp³-hybridized carbons (Fsp3) is 0.941. The molecule has 2 rings (SSSR count). The Kier molecular flexibility index (Phi) is 6.06. The molecule has 0 radical (unpaired) electrons. The minimum absolute atomic E-state index is 0.0144. The van der Waals surface area contributed by atoms with Gasteiger partial charge >= 0.3 is 0 Å². The van der Waals surface area contributed by atoms with Gasteiger partial charge in [-0.2, -0.15) is 0 Å². The van der Waals surface area contributed by atoms with Crippen LogP contribution >= 0.6 is 0 Å². The van der Waals surface area contributed by atoms with Crippen molar-refractivity contribution in [2.24, 2.45) is 11.8 Å². The SMILES string of the molecule is CC(C)CC1NC(C(C)C)C(=O)N1CCCN1CCCC1. The zero-order chi connectivity index (χ0) is 15.4. The van der Waals surface area contributed by atoms with Crippen LogP contribution in [-0.4, -0.2) is 54.1 Å². The lowest BCUT2D eigenvalue weighted by molar-refractivity contribution is -0.131. The molecular weight excluding hydrogens is 262 g/mol. The second kappa shape index (κ2) is 7.59. The minimum Gasteiger partial charge on any atom is -0.326 e. The van der Waals surface area contributed by atoms with Crippen LogP contribution in [0.1, 0.15) is 53.4 Å². The maximum atomic E-state index is 12.6. The van der Waals surface area contributed by atoms with Gasteiger partial charge in [-0.25, -0.2) is 0 Å². The van der Waals surface area contributed by atoms with E-state index in [1.54, 1.807) is 0 Å². The third-order valence-corrected chi connectivity index (χ3v) is 4.73. The van der Waals surface area contributed by atoms with Crippen molar-refractivity contribution in [2.75, 3.05) is 26.2 Å². The lowest BCUT2D eigenvalue weighted by Crippen LogP contribution is -2.40. The smallest absolute Gasteiger partial charge is 0.241 e. The predicted molar refractivity (Wildman–Crippen MR) is 87.0 cm³/mol. The molecule has 4 nitrogen and oxygen atoms in total. The van der Waals surface area contributed by atoms with Crippen molar-refractivity contribution in [2.45, 2.75) is 65.6 Å². The summed E-state index contributed by atoms with van der Waals surface area (Å²) in [7, 11) is 0.